The lowest BCUT2D eigenvalue weighted by atomic mass is 10.1. The Kier molecular flexibility index (Phi) is 11.6. The fraction of sp³-hybridized carbons (Fsp3) is 0.355. The lowest BCUT2D eigenvalue weighted by molar-refractivity contribution is -0.139. The van der Waals surface area contributed by atoms with Gasteiger partial charge in [-0.1, -0.05) is 48.9 Å². The van der Waals surface area contributed by atoms with Crippen LogP contribution in [-0.2, 0) is 26.0 Å². The maximum absolute atomic E-state index is 14.1. The van der Waals surface area contributed by atoms with E-state index in [4.69, 9.17) is 21.1 Å². The van der Waals surface area contributed by atoms with Crippen LogP contribution in [0.3, 0.4) is 0 Å². The fourth-order valence-electron chi connectivity index (χ4n) is 4.28. The summed E-state index contributed by atoms with van der Waals surface area (Å²) in [4.78, 5) is 28.5. The number of benzene rings is 3. The molecule has 2 atom stereocenters. The largest absolute Gasteiger partial charge is 0.493 e. The van der Waals surface area contributed by atoms with Gasteiger partial charge in [0.2, 0.25) is 11.8 Å². The molecule has 1 N–H and O–H groups in total. The second kappa shape index (κ2) is 14.9. The van der Waals surface area contributed by atoms with Gasteiger partial charge in [-0.05, 0) is 68.7 Å². The van der Waals surface area contributed by atoms with Crippen LogP contribution in [0.4, 0.5) is 5.69 Å². The molecule has 0 bridgehead atoms. The lowest BCUT2D eigenvalue weighted by Gasteiger charge is -2.32. The van der Waals surface area contributed by atoms with Crippen LogP contribution in [0.25, 0.3) is 0 Å². The quantitative estimate of drug-likeness (QED) is 0.276. The van der Waals surface area contributed by atoms with Crippen molar-refractivity contribution in [3.8, 4) is 11.5 Å². The minimum atomic E-state index is -4.28. The number of hydrogen-bond acceptors (Lipinski definition) is 6. The van der Waals surface area contributed by atoms with E-state index in [9.17, 15) is 18.0 Å². The molecule has 0 fully saturated rings. The number of carbonyl (C=O) groups excluding carboxylic acids is 2. The van der Waals surface area contributed by atoms with Gasteiger partial charge in [0.15, 0.2) is 11.5 Å². The van der Waals surface area contributed by atoms with Crippen molar-refractivity contribution >= 4 is 39.1 Å². The van der Waals surface area contributed by atoms with Crippen molar-refractivity contribution in [2.75, 3.05) is 31.6 Å². The van der Waals surface area contributed by atoms with Gasteiger partial charge < -0.3 is 19.7 Å². The molecule has 0 aliphatic rings. The highest BCUT2D eigenvalue weighted by atomic mass is 35.5. The minimum absolute atomic E-state index is 0.0815. The van der Waals surface area contributed by atoms with Crippen LogP contribution in [0.5, 0.6) is 11.5 Å². The number of rotatable bonds is 14. The molecule has 0 aliphatic heterocycles. The molecule has 0 saturated carbocycles. The third-order valence-electron chi connectivity index (χ3n) is 6.99. The van der Waals surface area contributed by atoms with E-state index >= 15 is 0 Å². The molecule has 11 heteroatoms. The number of amides is 2. The monoisotopic (exact) mass is 615 g/mol. The molecule has 2 unspecified atom stereocenters. The number of nitrogens with one attached hydrogen (secondary N) is 1. The van der Waals surface area contributed by atoms with Crippen LogP contribution < -0.4 is 19.1 Å². The normalized spacial score (nSPS) is 12.6. The molecule has 0 heterocycles. The molecule has 226 valence electrons. The first-order chi connectivity index (χ1) is 20.0. The number of methoxy groups -OCH3 is 2. The Balaban J connectivity index is 2.01. The average molecular weight is 616 g/mol. The zero-order valence-corrected chi connectivity index (χ0v) is 26.1. The van der Waals surface area contributed by atoms with E-state index in [0.29, 0.717) is 17.2 Å². The second-order valence-corrected chi connectivity index (χ2v) is 12.1. The van der Waals surface area contributed by atoms with Crippen molar-refractivity contribution < 1.29 is 27.5 Å². The number of nitrogens with zero attached hydrogens (tertiary/aromatic N) is 2. The first-order valence-corrected chi connectivity index (χ1v) is 15.5. The summed E-state index contributed by atoms with van der Waals surface area (Å²) in [5.74, 6) is -0.261. The Morgan fingerprint density at radius 2 is 1.57 bits per heavy atom. The Hall–Kier alpha value is -3.76. The van der Waals surface area contributed by atoms with Crippen molar-refractivity contribution in [3.63, 3.8) is 0 Å². The third kappa shape index (κ3) is 8.17. The molecule has 2 amide bonds. The van der Waals surface area contributed by atoms with Crippen LogP contribution in [0, 0.1) is 0 Å². The molecule has 9 nitrogen and oxygen atoms in total. The zero-order valence-electron chi connectivity index (χ0n) is 24.5. The molecular weight excluding hydrogens is 578 g/mol. The van der Waals surface area contributed by atoms with E-state index in [1.54, 1.807) is 19.1 Å². The van der Waals surface area contributed by atoms with Crippen molar-refractivity contribution in [3.05, 3.63) is 83.4 Å². The summed E-state index contributed by atoms with van der Waals surface area (Å²) in [5, 5.41) is 3.34. The van der Waals surface area contributed by atoms with Crippen LogP contribution in [0.15, 0.2) is 77.7 Å². The Labute approximate surface area is 253 Å². The number of hydrogen-bond donors (Lipinski definition) is 1. The van der Waals surface area contributed by atoms with E-state index in [-0.39, 0.29) is 34.8 Å². The lowest BCUT2D eigenvalue weighted by Crippen LogP contribution is -2.53. The predicted molar refractivity (Wildman–Crippen MR) is 165 cm³/mol. The van der Waals surface area contributed by atoms with E-state index in [1.165, 1.54) is 49.5 Å². The molecule has 3 aromatic rings. The number of anilines is 1. The SMILES string of the molecule is CCC(C)NC(=O)C(C)N(CCc1ccccc1)C(=O)CN(c1ccc(Cl)cc1)S(=O)(=O)c1ccc(OC)c(OC)c1. The maximum atomic E-state index is 14.1. The number of halogens is 1. The van der Waals surface area contributed by atoms with Gasteiger partial charge in [-0.3, -0.25) is 13.9 Å². The van der Waals surface area contributed by atoms with E-state index in [2.05, 4.69) is 5.32 Å². The van der Waals surface area contributed by atoms with Gasteiger partial charge in [-0.2, -0.15) is 0 Å². The summed E-state index contributed by atoms with van der Waals surface area (Å²) in [5.41, 5.74) is 1.22. The van der Waals surface area contributed by atoms with Gasteiger partial charge in [0.1, 0.15) is 12.6 Å². The molecule has 0 saturated heterocycles. The van der Waals surface area contributed by atoms with Gasteiger partial charge in [0, 0.05) is 23.7 Å². The van der Waals surface area contributed by atoms with Crippen LogP contribution in [0.2, 0.25) is 5.02 Å². The number of sulfonamides is 1. The molecule has 3 aromatic carbocycles. The van der Waals surface area contributed by atoms with Gasteiger partial charge in [-0.15, -0.1) is 0 Å². The summed E-state index contributed by atoms with van der Waals surface area (Å²) in [6, 6.07) is 19.0. The third-order valence-corrected chi connectivity index (χ3v) is 9.01. The van der Waals surface area contributed by atoms with Crippen molar-refractivity contribution in [2.24, 2.45) is 0 Å². The molecule has 0 aliphatic carbocycles. The van der Waals surface area contributed by atoms with Crippen molar-refractivity contribution in [2.45, 2.75) is 50.6 Å². The molecule has 0 spiro atoms. The first kappa shape index (κ1) is 32.8. The highest BCUT2D eigenvalue weighted by Gasteiger charge is 2.33. The predicted octanol–water partition coefficient (Wildman–Crippen LogP) is 4.93. The molecule has 0 aromatic heterocycles. The molecular formula is C31H38ClN3O6S. The number of ether oxygens (including phenoxy) is 2. The highest BCUT2D eigenvalue weighted by molar-refractivity contribution is 7.92. The summed E-state index contributed by atoms with van der Waals surface area (Å²) < 4.78 is 39.7. The van der Waals surface area contributed by atoms with E-state index in [1.807, 2.05) is 44.2 Å². The molecule has 3 rings (SSSR count). The molecule has 0 radical (unpaired) electrons. The minimum Gasteiger partial charge on any atom is -0.493 e. The fourth-order valence-corrected chi connectivity index (χ4v) is 5.83. The topological polar surface area (TPSA) is 105 Å². The van der Waals surface area contributed by atoms with Crippen LogP contribution >= 0.6 is 11.6 Å². The number of carbonyl (C=O) groups is 2. The summed E-state index contributed by atoms with van der Waals surface area (Å²) >= 11 is 6.09. The zero-order chi connectivity index (χ0) is 30.9. The molecule has 42 heavy (non-hydrogen) atoms. The Bertz CT molecular complexity index is 1450. The van der Waals surface area contributed by atoms with Gasteiger partial charge >= 0.3 is 0 Å². The maximum Gasteiger partial charge on any atom is 0.264 e. The van der Waals surface area contributed by atoms with E-state index < -0.39 is 28.5 Å². The Morgan fingerprint density at radius 3 is 2.17 bits per heavy atom. The summed E-state index contributed by atoms with van der Waals surface area (Å²) in [6.45, 7) is 5.16. The average Bonchev–Trinajstić information content (AvgIpc) is 3.00. The van der Waals surface area contributed by atoms with Gasteiger partial charge in [-0.25, -0.2) is 8.42 Å². The highest BCUT2D eigenvalue weighted by Crippen LogP contribution is 2.32. The second-order valence-electron chi connectivity index (χ2n) is 9.82. The summed E-state index contributed by atoms with van der Waals surface area (Å²) in [7, 11) is -1.42. The van der Waals surface area contributed by atoms with E-state index in [0.717, 1.165) is 16.3 Å². The smallest absolute Gasteiger partial charge is 0.264 e. The van der Waals surface area contributed by atoms with Gasteiger partial charge in [0.05, 0.1) is 24.8 Å². The Morgan fingerprint density at radius 1 is 0.929 bits per heavy atom. The van der Waals surface area contributed by atoms with Crippen molar-refractivity contribution in [1.29, 1.82) is 0 Å². The van der Waals surface area contributed by atoms with Crippen molar-refractivity contribution in [1.82, 2.24) is 10.2 Å². The van der Waals surface area contributed by atoms with Crippen LogP contribution in [0.1, 0.15) is 32.8 Å². The van der Waals surface area contributed by atoms with Gasteiger partial charge in [0.25, 0.3) is 10.0 Å². The standard InChI is InChI=1S/C31H38ClN3O6S/c1-6-22(2)33-31(37)23(3)34(19-18-24-10-8-7-9-11-24)30(36)21-35(26-14-12-25(32)13-15-26)42(38,39)27-16-17-28(40-4)29(20-27)41-5/h7-17,20,22-23H,6,18-19,21H2,1-5H3,(H,33,37). The first-order valence-electron chi connectivity index (χ1n) is 13.7. The van der Waals surface area contributed by atoms with Crippen LogP contribution in [-0.4, -0.2) is 64.5 Å². The summed E-state index contributed by atoms with van der Waals surface area (Å²) in [6.07, 6.45) is 1.21.